The first-order valence-corrected chi connectivity index (χ1v) is 14.7. The fraction of sp³-hybridized carbons (Fsp3) is 0.469. The third-order valence-corrected chi connectivity index (χ3v) is 6.57. The summed E-state index contributed by atoms with van der Waals surface area (Å²) in [5.74, 6) is -1.98. The quantitative estimate of drug-likeness (QED) is 0.162. The smallest absolute Gasteiger partial charge is 0.408 e. The molecule has 5 amide bonds. The van der Waals surface area contributed by atoms with Gasteiger partial charge >= 0.3 is 12.2 Å². The Kier molecular flexibility index (Phi) is 14.1. The van der Waals surface area contributed by atoms with Crippen molar-refractivity contribution >= 4 is 29.9 Å². The number of phenolic OH excluding ortho intramolecular Hbond substituents is 1. The molecule has 0 heterocycles. The molecule has 0 saturated heterocycles. The fourth-order valence-electron chi connectivity index (χ4n) is 4.43. The van der Waals surface area contributed by atoms with Crippen LogP contribution in [0.5, 0.6) is 5.75 Å². The number of nitrogens with one attached hydrogen (secondary N) is 4. The molecule has 7 N–H and O–H groups in total. The Labute approximate surface area is 263 Å². The van der Waals surface area contributed by atoms with Crippen molar-refractivity contribution in [2.24, 2.45) is 5.73 Å². The molecule has 13 nitrogen and oxygen atoms in total. The first-order chi connectivity index (χ1) is 21.1. The van der Waals surface area contributed by atoms with Gasteiger partial charge in [0, 0.05) is 13.0 Å². The molecule has 13 heteroatoms. The number of nitrogens with two attached hydrogens (primary N) is 1. The van der Waals surface area contributed by atoms with Crippen LogP contribution in [-0.4, -0.2) is 65.8 Å². The van der Waals surface area contributed by atoms with Crippen LogP contribution >= 0.6 is 0 Å². The minimum atomic E-state index is -1.14. The van der Waals surface area contributed by atoms with Crippen LogP contribution in [0.25, 0.3) is 0 Å². The molecule has 45 heavy (non-hydrogen) atoms. The molecule has 2 atom stereocenters. The predicted molar refractivity (Wildman–Crippen MR) is 167 cm³/mol. The Balaban J connectivity index is 2.08. The molecular formula is C32H45N5O8. The van der Waals surface area contributed by atoms with Gasteiger partial charge in [0.1, 0.15) is 30.0 Å². The molecule has 0 aliphatic heterocycles. The Morgan fingerprint density at radius 3 is 2.11 bits per heavy atom. The van der Waals surface area contributed by atoms with E-state index in [2.05, 4.69) is 21.3 Å². The van der Waals surface area contributed by atoms with E-state index in [0.29, 0.717) is 24.0 Å². The normalized spacial score (nSPS) is 12.3. The molecule has 2 aromatic carbocycles. The van der Waals surface area contributed by atoms with Gasteiger partial charge in [0.05, 0.1) is 6.54 Å². The van der Waals surface area contributed by atoms with Gasteiger partial charge < -0.3 is 41.6 Å². The van der Waals surface area contributed by atoms with E-state index in [1.807, 2.05) is 30.3 Å². The van der Waals surface area contributed by atoms with E-state index in [4.69, 9.17) is 15.2 Å². The van der Waals surface area contributed by atoms with Crippen molar-refractivity contribution in [1.29, 1.82) is 0 Å². The van der Waals surface area contributed by atoms with Crippen LogP contribution in [0.1, 0.15) is 62.3 Å². The third kappa shape index (κ3) is 14.0. The molecule has 2 unspecified atom stereocenters. The maximum absolute atomic E-state index is 13.6. The molecule has 0 saturated carbocycles. The highest BCUT2D eigenvalue weighted by molar-refractivity contribution is 5.92. The maximum Gasteiger partial charge on any atom is 0.408 e. The van der Waals surface area contributed by atoms with Gasteiger partial charge in [-0.1, -0.05) is 30.3 Å². The number of hydrogen-bond acceptors (Lipinski definition) is 8. The Hall–Kier alpha value is -4.81. The number of amides is 5. The number of primary amides is 1. The molecule has 246 valence electrons. The molecule has 0 fully saturated rings. The van der Waals surface area contributed by atoms with Crippen LogP contribution < -0.4 is 27.0 Å². The highest BCUT2D eigenvalue weighted by atomic mass is 16.6. The van der Waals surface area contributed by atoms with Crippen LogP contribution in [0.15, 0.2) is 42.5 Å². The second-order valence-electron chi connectivity index (χ2n) is 11.7. The number of ether oxygens (including phenoxy) is 2. The number of unbranched alkanes of at least 4 members (excludes halogenated alkanes) is 1. The zero-order valence-corrected chi connectivity index (χ0v) is 26.5. The number of rotatable bonds is 15. The summed E-state index contributed by atoms with van der Waals surface area (Å²) in [4.78, 5) is 62.5. The highest BCUT2D eigenvalue weighted by Crippen LogP contribution is 2.22. The molecule has 0 aliphatic carbocycles. The first kappa shape index (κ1) is 36.4. The number of alkyl carbamates (subject to hydrolysis) is 2. The molecular weight excluding hydrogens is 582 g/mol. The van der Waals surface area contributed by atoms with Gasteiger partial charge in [-0.3, -0.25) is 14.4 Å². The number of carbonyl (C=O) groups excluding carboxylic acids is 5. The molecule has 0 radical (unpaired) electrons. The van der Waals surface area contributed by atoms with Gasteiger partial charge in [0.25, 0.3) is 0 Å². The zero-order chi connectivity index (χ0) is 33.6. The minimum Gasteiger partial charge on any atom is -0.508 e. The van der Waals surface area contributed by atoms with E-state index >= 15 is 0 Å². The van der Waals surface area contributed by atoms with E-state index in [-0.39, 0.29) is 31.7 Å². The summed E-state index contributed by atoms with van der Waals surface area (Å²) in [5, 5.41) is 20.3. The van der Waals surface area contributed by atoms with Crippen molar-refractivity contribution in [1.82, 2.24) is 21.3 Å². The van der Waals surface area contributed by atoms with Crippen molar-refractivity contribution in [3.8, 4) is 5.75 Å². The lowest BCUT2D eigenvalue weighted by molar-refractivity contribution is -0.131. The largest absolute Gasteiger partial charge is 0.508 e. The van der Waals surface area contributed by atoms with E-state index in [0.717, 1.165) is 11.1 Å². The minimum absolute atomic E-state index is 0.0493. The van der Waals surface area contributed by atoms with Gasteiger partial charge in [0.15, 0.2) is 0 Å². The zero-order valence-electron chi connectivity index (χ0n) is 26.5. The summed E-state index contributed by atoms with van der Waals surface area (Å²) >= 11 is 0. The van der Waals surface area contributed by atoms with Gasteiger partial charge in [0.2, 0.25) is 17.7 Å². The van der Waals surface area contributed by atoms with Crippen molar-refractivity contribution < 1.29 is 38.6 Å². The monoisotopic (exact) mass is 627 g/mol. The number of carbonyl (C=O) groups is 5. The van der Waals surface area contributed by atoms with Crippen LogP contribution in [0.2, 0.25) is 0 Å². The summed E-state index contributed by atoms with van der Waals surface area (Å²) in [6, 6.07) is 10.1. The molecule has 0 spiro atoms. The van der Waals surface area contributed by atoms with Crippen LogP contribution in [0.4, 0.5) is 9.59 Å². The predicted octanol–water partition coefficient (Wildman–Crippen LogP) is 2.63. The van der Waals surface area contributed by atoms with Gasteiger partial charge in [-0.2, -0.15) is 0 Å². The van der Waals surface area contributed by atoms with Gasteiger partial charge in [-0.15, -0.1) is 0 Å². The van der Waals surface area contributed by atoms with Gasteiger partial charge in [-0.05, 0) is 88.3 Å². The van der Waals surface area contributed by atoms with Crippen LogP contribution in [0.3, 0.4) is 0 Å². The number of aryl methyl sites for hydroxylation is 2. The number of aromatic hydroxyl groups is 1. The van der Waals surface area contributed by atoms with E-state index < -0.39 is 54.1 Å². The summed E-state index contributed by atoms with van der Waals surface area (Å²) < 4.78 is 10.5. The Bertz CT molecular complexity index is 1300. The Morgan fingerprint density at radius 2 is 1.51 bits per heavy atom. The summed E-state index contributed by atoms with van der Waals surface area (Å²) in [5.41, 5.74) is 7.35. The second-order valence-corrected chi connectivity index (χ2v) is 11.7. The molecule has 2 rings (SSSR count). The Morgan fingerprint density at radius 1 is 0.867 bits per heavy atom. The SMILES string of the molecule is Cc1cc(O)cc(C)c1CC(NC(=O)OC(C)(C)C)C(=O)NC(CCCCNC(=O)OCc1ccccc1)C(=O)NCC(N)=O. The summed E-state index contributed by atoms with van der Waals surface area (Å²) in [6.07, 6.45) is -0.327. The van der Waals surface area contributed by atoms with Crippen LogP contribution in [0, 0.1) is 13.8 Å². The molecule has 0 aliphatic rings. The van der Waals surface area contributed by atoms with Gasteiger partial charge in [-0.25, -0.2) is 9.59 Å². The lowest BCUT2D eigenvalue weighted by Crippen LogP contribution is -2.55. The van der Waals surface area contributed by atoms with Crippen molar-refractivity contribution in [2.75, 3.05) is 13.1 Å². The van der Waals surface area contributed by atoms with E-state index in [9.17, 15) is 29.1 Å². The second kappa shape index (κ2) is 17.5. The number of benzene rings is 2. The van der Waals surface area contributed by atoms with Crippen molar-refractivity contribution in [2.45, 2.75) is 84.6 Å². The molecule has 0 bridgehead atoms. The number of hydrogen-bond donors (Lipinski definition) is 6. The number of phenols is 1. The van der Waals surface area contributed by atoms with Crippen LogP contribution in [-0.2, 0) is 36.9 Å². The maximum atomic E-state index is 13.6. The van der Waals surface area contributed by atoms with E-state index in [1.165, 1.54) is 0 Å². The highest BCUT2D eigenvalue weighted by Gasteiger charge is 2.29. The molecule has 2 aromatic rings. The molecule has 0 aromatic heterocycles. The van der Waals surface area contributed by atoms with E-state index in [1.54, 1.807) is 46.8 Å². The lowest BCUT2D eigenvalue weighted by atomic mass is 9.95. The average molecular weight is 628 g/mol. The average Bonchev–Trinajstić information content (AvgIpc) is 2.94. The van der Waals surface area contributed by atoms with Crippen molar-refractivity contribution in [3.63, 3.8) is 0 Å². The standard InChI is InChI=1S/C32H45N5O8/c1-20-15-23(38)16-21(2)24(20)17-26(37-31(43)45-32(3,4)5)29(41)36-25(28(40)35-18-27(33)39)13-9-10-14-34-30(42)44-19-22-11-7-6-8-12-22/h6-8,11-12,15-16,25-26,38H,9-10,13-14,17-19H2,1-5H3,(H2,33,39)(H,34,42)(H,35,40)(H,36,41)(H,37,43). The van der Waals surface area contributed by atoms with Crippen molar-refractivity contribution in [3.05, 3.63) is 64.7 Å². The fourth-order valence-corrected chi connectivity index (χ4v) is 4.43. The third-order valence-electron chi connectivity index (χ3n) is 6.57. The lowest BCUT2D eigenvalue weighted by Gasteiger charge is -2.26. The topological polar surface area (TPSA) is 198 Å². The summed E-state index contributed by atoms with van der Waals surface area (Å²) in [6.45, 7) is 8.58. The summed E-state index contributed by atoms with van der Waals surface area (Å²) in [7, 11) is 0. The first-order valence-electron chi connectivity index (χ1n) is 14.7.